The molecule has 0 saturated carbocycles. The summed E-state index contributed by atoms with van der Waals surface area (Å²) < 4.78 is 1.57. The first kappa shape index (κ1) is 10.6. The average Bonchev–Trinajstić information content (AvgIpc) is 2.33. The third-order valence-corrected chi connectivity index (χ3v) is 2.58. The van der Waals surface area contributed by atoms with E-state index in [1.807, 2.05) is 42.6 Å². The van der Waals surface area contributed by atoms with Crippen LogP contribution in [0.25, 0.3) is 11.1 Å². The zero-order valence-corrected chi connectivity index (χ0v) is 9.18. The van der Waals surface area contributed by atoms with E-state index in [2.05, 4.69) is 0 Å². The normalized spacial score (nSPS) is 10.4. The van der Waals surface area contributed by atoms with Gasteiger partial charge in [0.05, 0.1) is 0 Å². The lowest BCUT2D eigenvalue weighted by molar-refractivity contribution is 0.832. The summed E-state index contributed by atoms with van der Waals surface area (Å²) in [4.78, 5) is 11.7. The van der Waals surface area contributed by atoms with Gasteiger partial charge in [-0.3, -0.25) is 4.79 Å². The van der Waals surface area contributed by atoms with Gasteiger partial charge in [0.15, 0.2) is 0 Å². The van der Waals surface area contributed by atoms with Crippen molar-refractivity contribution < 1.29 is 0 Å². The molecule has 0 aliphatic heterocycles. The predicted molar refractivity (Wildman–Crippen MR) is 65.0 cm³/mol. The van der Waals surface area contributed by atoms with Crippen molar-refractivity contribution in [3.05, 3.63) is 58.5 Å². The Balaban J connectivity index is 2.60. The highest BCUT2D eigenvalue weighted by Gasteiger charge is 2.04. The Labute approximate surface area is 94.1 Å². The summed E-state index contributed by atoms with van der Waals surface area (Å²) in [6.45, 7) is 0.271. The standard InChI is InChI=1S/C13H14N2O/c1-15-9-12(7-11(8-14)13(15)16)10-5-3-2-4-6-10/h2-7,9H,8,14H2,1H3. The molecule has 0 saturated heterocycles. The van der Waals surface area contributed by atoms with Gasteiger partial charge in [0.1, 0.15) is 0 Å². The highest BCUT2D eigenvalue weighted by Crippen LogP contribution is 2.17. The van der Waals surface area contributed by atoms with E-state index in [4.69, 9.17) is 5.73 Å². The van der Waals surface area contributed by atoms with E-state index in [1.165, 1.54) is 0 Å². The molecule has 2 N–H and O–H groups in total. The molecule has 0 atom stereocenters. The fourth-order valence-electron chi connectivity index (χ4n) is 1.72. The molecule has 82 valence electrons. The van der Waals surface area contributed by atoms with Crippen LogP contribution in [0.15, 0.2) is 47.4 Å². The largest absolute Gasteiger partial charge is 0.326 e. The molecule has 2 rings (SSSR count). The summed E-state index contributed by atoms with van der Waals surface area (Å²) in [6.07, 6.45) is 1.83. The minimum absolute atomic E-state index is 0.0258. The van der Waals surface area contributed by atoms with E-state index in [1.54, 1.807) is 11.6 Å². The molecule has 1 heterocycles. The van der Waals surface area contributed by atoms with Gasteiger partial charge in [-0.25, -0.2) is 0 Å². The third kappa shape index (κ3) is 1.90. The lowest BCUT2D eigenvalue weighted by Gasteiger charge is -2.07. The second-order valence-electron chi connectivity index (χ2n) is 3.74. The van der Waals surface area contributed by atoms with Gasteiger partial charge in [0.2, 0.25) is 0 Å². The number of nitrogens with zero attached hydrogens (tertiary/aromatic N) is 1. The van der Waals surface area contributed by atoms with Gasteiger partial charge in [0, 0.05) is 25.4 Å². The molecule has 0 bridgehead atoms. The van der Waals surface area contributed by atoms with Crippen LogP contribution in [-0.4, -0.2) is 4.57 Å². The van der Waals surface area contributed by atoms with Gasteiger partial charge in [-0.2, -0.15) is 0 Å². The fraction of sp³-hybridized carbons (Fsp3) is 0.154. The molecule has 0 unspecified atom stereocenters. The average molecular weight is 214 g/mol. The van der Waals surface area contributed by atoms with Gasteiger partial charge < -0.3 is 10.3 Å². The smallest absolute Gasteiger partial charge is 0.254 e. The van der Waals surface area contributed by atoms with E-state index in [-0.39, 0.29) is 12.1 Å². The predicted octanol–water partition coefficient (Wildman–Crippen LogP) is 1.51. The molecule has 16 heavy (non-hydrogen) atoms. The lowest BCUT2D eigenvalue weighted by Crippen LogP contribution is -2.22. The Hall–Kier alpha value is -1.87. The van der Waals surface area contributed by atoms with Gasteiger partial charge >= 0.3 is 0 Å². The first-order chi connectivity index (χ1) is 7.72. The number of aromatic nitrogens is 1. The maximum Gasteiger partial charge on any atom is 0.254 e. The summed E-state index contributed by atoms with van der Waals surface area (Å²) in [5.41, 5.74) is 8.28. The van der Waals surface area contributed by atoms with Crippen LogP contribution >= 0.6 is 0 Å². The maximum absolute atomic E-state index is 11.7. The van der Waals surface area contributed by atoms with E-state index in [0.717, 1.165) is 11.1 Å². The Morgan fingerprint density at radius 3 is 2.50 bits per heavy atom. The minimum atomic E-state index is -0.0258. The summed E-state index contributed by atoms with van der Waals surface area (Å²) in [6, 6.07) is 11.8. The number of benzene rings is 1. The Kier molecular flexibility index (Phi) is 2.88. The molecule has 2 aromatic rings. The zero-order valence-electron chi connectivity index (χ0n) is 9.18. The minimum Gasteiger partial charge on any atom is -0.326 e. The summed E-state index contributed by atoms with van der Waals surface area (Å²) in [5.74, 6) is 0. The van der Waals surface area contributed by atoms with Crippen molar-refractivity contribution in [1.29, 1.82) is 0 Å². The SMILES string of the molecule is Cn1cc(-c2ccccc2)cc(CN)c1=O. The van der Waals surface area contributed by atoms with E-state index in [9.17, 15) is 4.79 Å². The van der Waals surface area contributed by atoms with Crippen LogP contribution < -0.4 is 11.3 Å². The first-order valence-corrected chi connectivity index (χ1v) is 5.17. The van der Waals surface area contributed by atoms with Crippen molar-refractivity contribution in [3.63, 3.8) is 0 Å². The Morgan fingerprint density at radius 1 is 1.19 bits per heavy atom. The summed E-state index contributed by atoms with van der Waals surface area (Å²) in [7, 11) is 1.74. The van der Waals surface area contributed by atoms with Gasteiger partial charge in [-0.05, 0) is 17.2 Å². The summed E-state index contributed by atoms with van der Waals surface area (Å²) in [5, 5.41) is 0. The molecule has 0 radical (unpaired) electrons. The van der Waals surface area contributed by atoms with E-state index >= 15 is 0 Å². The van der Waals surface area contributed by atoms with Crippen molar-refractivity contribution in [2.24, 2.45) is 12.8 Å². The molecule has 3 heteroatoms. The van der Waals surface area contributed by atoms with Crippen LogP contribution in [0.4, 0.5) is 0 Å². The van der Waals surface area contributed by atoms with Gasteiger partial charge in [0.25, 0.3) is 5.56 Å². The first-order valence-electron chi connectivity index (χ1n) is 5.17. The molecule has 0 aliphatic carbocycles. The molecule has 0 aliphatic rings. The number of hydrogen-bond donors (Lipinski definition) is 1. The molecular weight excluding hydrogens is 200 g/mol. The molecule has 1 aromatic carbocycles. The van der Waals surface area contributed by atoms with Gasteiger partial charge in [-0.15, -0.1) is 0 Å². The second kappa shape index (κ2) is 4.33. The van der Waals surface area contributed by atoms with Crippen LogP contribution in [-0.2, 0) is 13.6 Å². The lowest BCUT2D eigenvalue weighted by atomic mass is 10.1. The van der Waals surface area contributed by atoms with Crippen LogP contribution in [0, 0.1) is 0 Å². The second-order valence-corrected chi connectivity index (χ2v) is 3.74. The zero-order chi connectivity index (χ0) is 11.5. The highest BCUT2D eigenvalue weighted by atomic mass is 16.1. The number of aryl methyl sites for hydroxylation is 1. The van der Waals surface area contributed by atoms with Gasteiger partial charge in [-0.1, -0.05) is 30.3 Å². The molecule has 1 aromatic heterocycles. The van der Waals surface area contributed by atoms with Crippen molar-refractivity contribution in [1.82, 2.24) is 4.57 Å². The quantitative estimate of drug-likeness (QED) is 0.823. The topological polar surface area (TPSA) is 48.0 Å². The van der Waals surface area contributed by atoms with Crippen molar-refractivity contribution >= 4 is 0 Å². The Bertz CT molecular complexity index is 544. The maximum atomic E-state index is 11.7. The number of hydrogen-bond acceptors (Lipinski definition) is 2. The molecule has 3 nitrogen and oxygen atoms in total. The molecule has 0 fully saturated rings. The van der Waals surface area contributed by atoms with E-state index in [0.29, 0.717) is 5.56 Å². The number of pyridine rings is 1. The summed E-state index contributed by atoms with van der Waals surface area (Å²) >= 11 is 0. The van der Waals surface area contributed by atoms with Crippen molar-refractivity contribution in [2.75, 3.05) is 0 Å². The number of nitrogens with two attached hydrogens (primary N) is 1. The van der Waals surface area contributed by atoms with Crippen molar-refractivity contribution in [3.8, 4) is 11.1 Å². The molecule has 0 spiro atoms. The molecular formula is C13H14N2O. The van der Waals surface area contributed by atoms with Crippen LogP contribution in [0.5, 0.6) is 0 Å². The van der Waals surface area contributed by atoms with Crippen LogP contribution in [0.1, 0.15) is 5.56 Å². The highest BCUT2D eigenvalue weighted by molar-refractivity contribution is 5.62. The van der Waals surface area contributed by atoms with Crippen molar-refractivity contribution in [2.45, 2.75) is 6.54 Å². The monoisotopic (exact) mass is 214 g/mol. The number of rotatable bonds is 2. The third-order valence-electron chi connectivity index (χ3n) is 2.58. The van der Waals surface area contributed by atoms with Crippen LogP contribution in [0.3, 0.4) is 0 Å². The fourth-order valence-corrected chi connectivity index (χ4v) is 1.72. The molecule has 0 amide bonds. The van der Waals surface area contributed by atoms with Crippen LogP contribution in [0.2, 0.25) is 0 Å². The van der Waals surface area contributed by atoms with E-state index < -0.39 is 0 Å². The Morgan fingerprint density at radius 2 is 1.88 bits per heavy atom.